The quantitative estimate of drug-likeness (QED) is 0.390. The summed E-state index contributed by atoms with van der Waals surface area (Å²) in [5.74, 6) is 0.460. The Morgan fingerprint density at radius 2 is 1.29 bits per heavy atom. The highest BCUT2D eigenvalue weighted by Gasteiger charge is 2.17. The molecule has 0 spiro atoms. The van der Waals surface area contributed by atoms with Crippen LogP contribution < -0.4 is 4.84 Å². The first-order valence-corrected chi connectivity index (χ1v) is 7.71. The smallest absolute Gasteiger partial charge is 0.215 e. The van der Waals surface area contributed by atoms with Gasteiger partial charge in [0, 0.05) is 11.1 Å². The second-order valence-corrected chi connectivity index (χ2v) is 5.36. The number of rotatable bonds is 5. The third-order valence-corrected chi connectivity index (χ3v) is 3.63. The minimum atomic E-state index is -0.171. The average molecular weight is 315 g/mol. The molecule has 0 heterocycles. The third-order valence-electron chi connectivity index (χ3n) is 3.63. The molecule has 0 saturated heterocycles. The lowest BCUT2D eigenvalue weighted by molar-refractivity contribution is 0.106. The number of benzene rings is 3. The number of carbonyl (C=O) groups is 1. The van der Waals surface area contributed by atoms with Crippen molar-refractivity contribution in [3.63, 3.8) is 0 Å². The van der Waals surface area contributed by atoms with Crippen molar-refractivity contribution in [3.05, 3.63) is 102 Å². The van der Waals surface area contributed by atoms with E-state index in [-0.39, 0.29) is 11.5 Å². The Balaban J connectivity index is 1.98. The normalized spacial score (nSPS) is 11.1. The summed E-state index contributed by atoms with van der Waals surface area (Å²) in [6.07, 6.45) is 0. The zero-order valence-electron chi connectivity index (χ0n) is 13.3. The number of carbonyl (C=O) groups excluding carboxylic acids is 1. The van der Waals surface area contributed by atoms with Crippen LogP contribution in [0.15, 0.2) is 90.1 Å². The van der Waals surface area contributed by atoms with Gasteiger partial charge in [-0.25, -0.2) is 0 Å². The minimum Gasteiger partial charge on any atom is -0.356 e. The van der Waals surface area contributed by atoms with Gasteiger partial charge in [0.15, 0.2) is 11.5 Å². The number of nitrogens with zero attached hydrogens (tertiary/aromatic N) is 1. The molecule has 0 aliphatic carbocycles. The molecule has 0 aliphatic heterocycles. The number of Topliss-reactive ketones (excluding diaryl/α,β-unsaturated/α-hetero) is 1. The van der Waals surface area contributed by atoms with Gasteiger partial charge in [0.05, 0.1) is 0 Å². The SMILES string of the molecule is Cc1ccccc1ON=C(C(=O)c1ccccc1)c1ccccc1. The monoisotopic (exact) mass is 315 g/mol. The highest BCUT2D eigenvalue weighted by Crippen LogP contribution is 2.17. The zero-order valence-corrected chi connectivity index (χ0v) is 13.3. The molecule has 3 rings (SSSR count). The minimum absolute atomic E-state index is 0.171. The number of oxime groups is 1. The number of para-hydroxylation sites is 1. The van der Waals surface area contributed by atoms with Gasteiger partial charge in [0.1, 0.15) is 0 Å². The largest absolute Gasteiger partial charge is 0.356 e. The molecule has 0 aliphatic rings. The van der Waals surface area contributed by atoms with Crippen LogP contribution in [0.2, 0.25) is 0 Å². The summed E-state index contributed by atoms with van der Waals surface area (Å²) < 4.78 is 0. The molecule has 0 fully saturated rings. The molecule has 0 aromatic heterocycles. The molecule has 118 valence electrons. The molecular formula is C21H17NO2. The summed E-state index contributed by atoms with van der Waals surface area (Å²) >= 11 is 0. The van der Waals surface area contributed by atoms with Crippen LogP contribution >= 0.6 is 0 Å². The van der Waals surface area contributed by atoms with Gasteiger partial charge in [-0.1, -0.05) is 84.0 Å². The Morgan fingerprint density at radius 3 is 1.92 bits per heavy atom. The standard InChI is InChI=1S/C21H17NO2/c1-16-10-8-9-15-19(16)24-22-20(17-11-4-2-5-12-17)21(23)18-13-6-3-7-14-18/h2-15H,1H3. The van der Waals surface area contributed by atoms with E-state index in [1.807, 2.05) is 79.7 Å². The van der Waals surface area contributed by atoms with Gasteiger partial charge in [-0.3, -0.25) is 4.79 Å². The fourth-order valence-corrected chi connectivity index (χ4v) is 2.30. The Labute approximate surface area is 141 Å². The maximum atomic E-state index is 12.8. The first-order chi connectivity index (χ1) is 11.8. The van der Waals surface area contributed by atoms with Crippen molar-refractivity contribution in [2.45, 2.75) is 6.92 Å². The Hall–Kier alpha value is -3.20. The Bertz CT molecular complexity index is 855. The summed E-state index contributed by atoms with van der Waals surface area (Å²) in [4.78, 5) is 18.4. The van der Waals surface area contributed by atoms with Crippen LogP contribution in [-0.2, 0) is 0 Å². The molecule has 0 N–H and O–H groups in total. The van der Waals surface area contributed by atoms with Gasteiger partial charge in [-0.05, 0) is 18.6 Å². The molecule has 0 bridgehead atoms. The van der Waals surface area contributed by atoms with Crippen LogP contribution in [0.25, 0.3) is 0 Å². The van der Waals surface area contributed by atoms with Crippen molar-refractivity contribution in [1.82, 2.24) is 0 Å². The molecule has 3 aromatic carbocycles. The van der Waals surface area contributed by atoms with Crippen molar-refractivity contribution in [1.29, 1.82) is 0 Å². The van der Waals surface area contributed by atoms with Crippen LogP contribution in [0.1, 0.15) is 21.5 Å². The summed E-state index contributed by atoms with van der Waals surface area (Å²) in [6.45, 7) is 1.94. The molecule has 3 heteroatoms. The second-order valence-electron chi connectivity index (χ2n) is 5.36. The molecule has 3 aromatic rings. The second kappa shape index (κ2) is 7.38. The lowest BCUT2D eigenvalue weighted by Crippen LogP contribution is -2.17. The molecule has 0 amide bonds. The van der Waals surface area contributed by atoms with Crippen LogP contribution in [0.4, 0.5) is 0 Å². The van der Waals surface area contributed by atoms with Crippen molar-refractivity contribution in [2.24, 2.45) is 5.16 Å². The fourth-order valence-electron chi connectivity index (χ4n) is 2.30. The van der Waals surface area contributed by atoms with E-state index in [0.717, 1.165) is 11.1 Å². The Morgan fingerprint density at radius 1 is 0.750 bits per heavy atom. The van der Waals surface area contributed by atoms with Gasteiger partial charge >= 0.3 is 0 Å². The molecule has 0 atom stereocenters. The average Bonchev–Trinajstić information content (AvgIpc) is 2.65. The van der Waals surface area contributed by atoms with E-state index in [4.69, 9.17) is 4.84 Å². The van der Waals surface area contributed by atoms with Crippen LogP contribution in [0.3, 0.4) is 0 Å². The van der Waals surface area contributed by atoms with E-state index in [1.165, 1.54) is 0 Å². The predicted molar refractivity (Wildman–Crippen MR) is 95.6 cm³/mol. The molecule has 3 nitrogen and oxygen atoms in total. The van der Waals surface area contributed by atoms with Crippen LogP contribution in [0, 0.1) is 6.92 Å². The highest BCUT2D eigenvalue weighted by molar-refractivity contribution is 6.51. The third kappa shape index (κ3) is 3.58. The summed E-state index contributed by atoms with van der Waals surface area (Å²) in [7, 11) is 0. The maximum Gasteiger partial charge on any atom is 0.215 e. The van der Waals surface area contributed by atoms with E-state index in [0.29, 0.717) is 11.3 Å². The van der Waals surface area contributed by atoms with E-state index in [9.17, 15) is 4.79 Å². The molecular weight excluding hydrogens is 298 g/mol. The highest BCUT2D eigenvalue weighted by atomic mass is 16.6. The van der Waals surface area contributed by atoms with Crippen molar-refractivity contribution in [3.8, 4) is 5.75 Å². The lowest BCUT2D eigenvalue weighted by Gasteiger charge is -2.07. The number of ketones is 1. The first-order valence-electron chi connectivity index (χ1n) is 7.71. The first kappa shape index (κ1) is 15.7. The summed E-state index contributed by atoms with van der Waals surface area (Å²) in [5.41, 5.74) is 2.54. The van der Waals surface area contributed by atoms with Crippen LogP contribution in [-0.4, -0.2) is 11.5 Å². The lowest BCUT2D eigenvalue weighted by atomic mass is 10.0. The van der Waals surface area contributed by atoms with E-state index >= 15 is 0 Å². The summed E-state index contributed by atoms with van der Waals surface area (Å²) in [6, 6.07) is 26.0. The van der Waals surface area contributed by atoms with Gasteiger partial charge in [-0.15, -0.1) is 0 Å². The molecule has 0 radical (unpaired) electrons. The Kier molecular flexibility index (Phi) is 4.82. The number of hydrogen-bond donors (Lipinski definition) is 0. The van der Waals surface area contributed by atoms with Gasteiger partial charge < -0.3 is 4.84 Å². The molecule has 0 unspecified atom stereocenters. The van der Waals surface area contributed by atoms with Crippen molar-refractivity contribution < 1.29 is 9.63 Å². The zero-order chi connectivity index (χ0) is 16.8. The van der Waals surface area contributed by atoms with Gasteiger partial charge in [0.25, 0.3) is 0 Å². The van der Waals surface area contributed by atoms with E-state index in [1.54, 1.807) is 12.1 Å². The van der Waals surface area contributed by atoms with E-state index in [2.05, 4.69) is 5.16 Å². The van der Waals surface area contributed by atoms with Crippen LogP contribution in [0.5, 0.6) is 5.75 Å². The van der Waals surface area contributed by atoms with Crippen molar-refractivity contribution >= 4 is 11.5 Å². The van der Waals surface area contributed by atoms with E-state index < -0.39 is 0 Å². The molecule has 0 saturated carbocycles. The predicted octanol–water partition coefficient (Wildman–Crippen LogP) is 4.66. The van der Waals surface area contributed by atoms with Crippen molar-refractivity contribution in [2.75, 3.05) is 0 Å². The fraction of sp³-hybridized carbons (Fsp3) is 0.0476. The number of aryl methyl sites for hydroxylation is 1. The molecule has 24 heavy (non-hydrogen) atoms. The maximum absolute atomic E-state index is 12.8. The topological polar surface area (TPSA) is 38.7 Å². The van der Waals surface area contributed by atoms with Gasteiger partial charge in [-0.2, -0.15) is 0 Å². The summed E-state index contributed by atoms with van der Waals surface area (Å²) in [5, 5.41) is 4.17. The number of hydrogen-bond acceptors (Lipinski definition) is 3. The van der Waals surface area contributed by atoms with Gasteiger partial charge in [0.2, 0.25) is 5.78 Å².